The maximum absolute atomic E-state index is 12.3. The van der Waals surface area contributed by atoms with Crippen molar-refractivity contribution in [3.8, 4) is 0 Å². The quantitative estimate of drug-likeness (QED) is 0.756. The molecule has 2 N–H and O–H groups in total. The fourth-order valence-electron chi connectivity index (χ4n) is 0.648. The lowest BCUT2D eigenvalue weighted by Gasteiger charge is -2.17. The molecule has 0 atom stereocenters. The predicted molar refractivity (Wildman–Crippen MR) is 38.2 cm³/mol. The van der Waals surface area contributed by atoms with Crippen LogP contribution >= 0.6 is 0 Å². The zero-order valence-electron chi connectivity index (χ0n) is 6.90. The summed E-state index contributed by atoms with van der Waals surface area (Å²) >= 11 is 0. The molecule has 1 heterocycles. The number of amides is 1. The lowest BCUT2D eigenvalue weighted by Crippen LogP contribution is -2.47. The van der Waals surface area contributed by atoms with Crippen molar-refractivity contribution in [3.05, 3.63) is 12.4 Å². The first-order valence-electron chi connectivity index (χ1n) is 3.50. The van der Waals surface area contributed by atoms with Gasteiger partial charge in [-0.3, -0.25) is 10.1 Å². The largest absolute Gasteiger partial charge is 0.463 e. The van der Waals surface area contributed by atoms with Crippen molar-refractivity contribution in [1.82, 2.24) is 9.97 Å². The molecule has 4 nitrogen and oxygen atoms in total. The van der Waals surface area contributed by atoms with Gasteiger partial charge in [0.1, 0.15) is 0 Å². The van der Waals surface area contributed by atoms with E-state index in [0.29, 0.717) is 0 Å². The van der Waals surface area contributed by atoms with Crippen LogP contribution < -0.4 is 5.32 Å². The number of carbonyl (C=O) groups is 1. The first-order chi connectivity index (χ1) is 6.75. The van der Waals surface area contributed by atoms with Crippen LogP contribution in [-0.2, 0) is 4.79 Å². The summed E-state index contributed by atoms with van der Waals surface area (Å²) in [7, 11) is 0. The molecule has 1 aromatic heterocycles. The number of nitrogens with one attached hydrogen (secondary N) is 2. The van der Waals surface area contributed by atoms with Crippen LogP contribution in [0, 0.1) is 0 Å². The van der Waals surface area contributed by atoms with E-state index in [4.69, 9.17) is 0 Å². The molecular weight excluding hydrogens is 225 g/mol. The second-order valence-corrected chi connectivity index (χ2v) is 2.46. The molecule has 0 bridgehead atoms. The fraction of sp³-hybridized carbons (Fsp3) is 0.333. The van der Waals surface area contributed by atoms with Crippen LogP contribution in [0.15, 0.2) is 12.4 Å². The van der Waals surface area contributed by atoms with E-state index in [1.54, 1.807) is 0 Å². The number of H-pyrrole nitrogens is 1. The van der Waals surface area contributed by atoms with Gasteiger partial charge < -0.3 is 4.98 Å². The molecule has 0 saturated heterocycles. The number of anilines is 1. The van der Waals surface area contributed by atoms with Gasteiger partial charge in [-0.15, -0.1) is 0 Å². The number of aromatic amines is 1. The third-order valence-corrected chi connectivity index (χ3v) is 1.37. The van der Waals surface area contributed by atoms with Gasteiger partial charge in [-0.1, -0.05) is 0 Å². The van der Waals surface area contributed by atoms with Crippen LogP contribution in [0.4, 0.5) is 27.9 Å². The van der Waals surface area contributed by atoms with Crippen molar-refractivity contribution in [2.45, 2.75) is 12.1 Å². The molecule has 1 aromatic rings. The van der Waals surface area contributed by atoms with Crippen molar-refractivity contribution >= 4 is 11.9 Å². The maximum Gasteiger partial charge on any atom is 0.463 e. The van der Waals surface area contributed by atoms with Gasteiger partial charge >= 0.3 is 18.0 Å². The minimum atomic E-state index is -5.93. The number of hydrogen-bond acceptors (Lipinski definition) is 2. The van der Waals surface area contributed by atoms with Gasteiger partial charge in [0.05, 0.1) is 0 Å². The standard InChI is InChI=1S/C6H4F5N3O/c7-5(8,6(9,10)11)3(15)14-4-12-1-2-13-4/h1-2H,(H2,12,13,14,15). The SMILES string of the molecule is O=C(Nc1ncc[nH]1)C(F)(F)C(F)(F)F. The lowest BCUT2D eigenvalue weighted by atomic mass is 10.3. The van der Waals surface area contributed by atoms with Crippen molar-refractivity contribution in [3.63, 3.8) is 0 Å². The predicted octanol–water partition coefficient (Wildman–Crippen LogP) is 1.55. The molecule has 84 valence electrons. The van der Waals surface area contributed by atoms with Gasteiger partial charge in [-0.25, -0.2) is 4.98 Å². The molecule has 0 unspecified atom stereocenters. The number of aromatic nitrogens is 2. The Morgan fingerprint density at radius 1 is 1.33 bits per heavy atom. The van der Waals surface area contributed by atoms with Crippen LogP contribution in [0.1, 0.15) is 0 Å². The Bertz CT molecular complexity index is 344. The third kappa shape index (κ3) is 2.22. The normalized spacial score (nSPS) is 12.6. The third-order valence-electron chi connectivity index (χ3n) is 1.37. The average Bonchev–Trinajstić information content (AvgIpc) is 2.54. The molecule has 0 aliphatic rings. The van der Waals surface area contributed by atoms with E-state index in [1.165, 1.54) is 5.32 Å². The highest BCUT2D eigenvalue weighted by Crippen LogP contribution is 2.35. The number of hydrogen-bond donors (Lipinski definition) is 2. The Labute approximate surface area is 79.5 Å². The van der Waals surface area contributed by atoms with E-state index >= 15 is 0 Å². The van der Waals surface area contributed by atoms with Gasteiger partial charge in [0.15, 0.2) is 0 Å². The second-order valence-electron chi connectivity index (χ2n) is 2.46. The van der Waals surface area contributed by atoms with Gasteiger partial charge in [-0.2, -0.15) is 22.0 Å². The minimum Gasteiger partial charge on any atom is -0.331 e. The number of alkyl halides is 5. The van der Waals surface area contributed by atoms with Gasteiger partial charge in [0, 0.05) is 12.4 Å². The molecule has 9 heteroatoms. The van der Waals surface area contributed by atoms with Crippen molar-refractivity contribution < 1.29 is 26.7 Å². The molecule has 0 saturated carbocycles. The number of carbonyl (C=O) groups excluding carboxylic acids is 1. The second kappa shape index (κ2) is 3.48. The first-order valence-corrected chi connectivity index (χ1v) is 3.50. The Kier molecular flexibility index (Phi) is 2.65. The summed E-state index contributed by atoms with van der Waals surface area (Å²) in [5.41, 5.74) is 0. The summed E-state index contributed by atoms with van der Waals surface area (Å²) in [5, 5.41) is 1.29. The van der Waals surface area contributed by atoms with E-state index in [0.717, 1.165) is 12.4 Å². The number of nitrogens with zero attached hydrogens (tertiary/aromatic N) is 1. The maximum atomic E-state index is 12.3. The van der Waals surface area contributed by atoms with E-state index in [1.807, 2.05) is 0 Å². The van der Waals surface area contributed by atoms with Crippen LogP contribution in [-0.4, -0.2) is 28.0 Å². The number of halogens is 5. The zero-order valence-corrected chi connectivity index (χ0v) is 6.90. The monoisotopic (exact) mass is 229 g/mol. The summed E-state index contributed by atoms with van der Waals surface area (Å²) in [5.74, 6) is -8.41. The van der Waals surface area contributed by atoms with E-state index in [9.17, 15) is 26.7 Å². The molecule has 0 radical (unpaired) electrons. The Morgan fingerprint density at radius 2 is 1.93 bits per heavy atom. The molecule has 0 aromatic carbocycles. The Morgan fingerprint density at radius 3 is 2.33 bits per heavy atom. The summed E-state index contributed by atoms with van der Waals surface area (Å²) in [4.78, 5) is 15.9. The minimum absolute atomic E-state index is 0.482. The molecular formula is C6H4F5N3O. The molecule has 15 heavy (non-hydrogen) atoms. The smallest absolute Gasteiger partial charge is 0.331 e. The van der Waals surface area contributed by atoms with E-state index in [2.05, 4.69) is 9.97 Å². The van der Waals surface area contributed by atoms with Crippen LogP contribution in [0.3, 0.4) is 0 Å². The highest BCUT2D eigenvalue weighted by molar-refractivity contribution is 5.95. The van der Waals surface area contributed by atoms with Crippen LogP contribution in [0.25, 0.3) is 0 Å². The molecule has 0 aliphatic heterocycles. The average molecular weight is 229 g/mol. The summed E-state index contributed by atoms with van der Waals surface area (Å²) in [6.07, 6.45) is -3.69. The van der Waals surface area contributed by atoms with E-state index in [-0.39, 0.29) is 0 Å². The van der Waals surface area contributed by atoms with E-state index < -0.39 is 24.0 Å². The Balaban J connectivity index is 2.77. The van der Waals surface area contributed by atoms with Gasteiger partial charge in [-0.05, 0) is 0 Å². The highest BCUT2D eigenvalue weighted by atomic mass is 19.4. The first kappa shape index (κ1) is 11.4. The van der Waals surface area contributed by atoms with Crippen LogP contribution in [0.5, 0.6) is 0 Å². The molecule has 1 rings (SSSR count). The fourth-order valence-corrected chi connectivity index (χ4v) is 0.648. The number of imidazole rings is 1. The summed E-state index contributed by atoms with van der Waals surface area (Å²) < 4.78 is 59.7. The summed E-state index contributed by atoms with van der Waals surface area (Å²) in [6, 6.07) is 0. The van der Waals surface area contributed by atoms with Gasteiger partial charge in [0.25, 0.3) is 0 Å². The molecule has 1 amide bonds. The number of rotatable bonds is 2. The highest BCUT2D eigenvalue weighted by Gasteiger charge is 2.63. The topological polar surface area (TPSA) is 57.8 Å². The lowest BCUT2D eigenvalue weighted by molar-refractivity contribution is -0.267. The van der Waals surface area contributed by atoms with Crippen molar-refractivity contribution in [1.29, 1.82) is 0 Å². The molecule has 0 aliphatic carbocycles. The van der Waals surface area contributed by atoms with Gasteiger partial charge in [0.2, 0.25) is 5.95 Å². The Hall–Kier alpha value is -1.67. The summed E-state index contributed by atoms with van der Waals surface area (Å²) in [6.45, 7) is 0. The molecule has 0 fully saturated rings. The van der Waals surface area contributed by atoms with Crippen LogP contribution in [0.2, 0.25) is 0 Å². The molecule has 0 spiro atoms. The van der Waals surface area contributed by atoms with Crippen molar-refractivity contribution in [2.24, 2.45) is 0 Å². The van der Waals surface area contributed by atoms with Crippen molar-refractivity contribution in [2.75, 3.05) is 5.32 Å². The zero-order chi connectivity index (χ0) is 11.7.